The predicted molar refractivity (Wildman–Crippen MR) is 102 cm³/mol. The number of nitrogens with one attached hydrogen (secondary N) is 1. The molecule has 1 fully saturated rings. The molecule has 2 rings (SSSR count). The Bertz CT molecular complexity index is 732. The van der Waals surface area contributed by atoms with Gasteiger partial charge in [-0.3, -0.25) is 9.69 Å². The third kappa shape index (κ3) is 4.96. The number of carbonyl (C=O) groups excluding carboxylic acids is 1. The number of hydrogen-bond donors (Lipinski definition) is 2. The van der Waals surface area contributed by atoms with E-state index in [4.69, 9.17) is 0 Å². The van der Waals surface area contributed by atoms with Gasteiger partial charge in [0.05, 0.1) is 17.1 Å². The van der Waals surface area contributed by atoms with Crippen LogP contribution in [0.1, 0.15) is 33.6 Å². The van der Waals surface area contributed by atoms with E-state index >= 15 is 0 Å². The highest BCUT2D eigenvalue weighted by Gasteiger charge is 2.24. The fourth-order valence-corrected chi connectivity index (χ4v) is 4.80. The first-order chi connectivity index (χ1) is 12.3. The maximum atomic E-state index is 12.6. The monoisotopic (exact) mass is 383 g/mol. The number of piperidine rings is 1. The average molecular weight is 384 g/mol. The summed E-state index contributed by atoms with van der Waals surface area (Å²) in [5, 5.41) is 12.7. The number of aromatic hydroxyl groups is 1. The maximum absolute atomic E-state index is 12.6. The minimum atomic E-state index is -3.65. The van der Waals surface area contributed by atoms with Crippen molar-refractivity contribution in [2.24, 2.45) is 5.92 Å². The van der Waals surface area contributed by atoms with Gasteiger partial charge in [-0.15, -0.1) is 0 Å². The molecule has 0 spiro atoms. The summed E-state index contributed by atoms with van der Waals surface area (Å²) in [6, 6.07) is 3.97. The van der Waals surface area contributed by atoms with Gasteiger partial charge in [-0.1, -0.05) is 20.8 Å². The van der Waals surface area contributed by atoms with E-state index < -0.39 is 10.0 Å². The van der Waals surface area contributed by atoms with Crippen molar-refractivity contribution in [3.63, 3.8) is 0 Å². The third-order valence-electron chi connectivity index (χ3n) is 4.69. The quantitative estimate of drug-likeness (QED) is 0.704. The minimum Gasteiger partial charge on any atom is -0.506 e. The van der Waals surface area contributed by atoms with Crippen molar-refractivity contribution in [1.82, 2.24) is 9.21 Å². The van der Waals surface area contributed by atoms with Crippen LogP contribution < -0.4 is 5.32 Å². The lowest BCUT2D eigenvalue weighted by Gasteiger charge is -2.30. The van der Waals surface area contributed by atoms with Crippen LogP contribution in [0, 0.1) is 5.92 Å². The molecule has 1 aliphatic heterocycles. The Morgan fingerprint density at radius 2 is 2.04 bits per heavy atom. The number of phenols is 1. The van der Waals surface area contributed by atoms with Crippen LogP contribution in [0.25, 0.3) is 0 Å². The largest absolute Gasteiger partial charge is 0.506 e. The molecule has 1 heterocycles. The second-order valence-corrected chi connectivity index (χ2v) is 8.74. The highest BCUT2D eigenvalue weighted by atomic mass is 32.2. The SMILES string of the molecule is CCN(CC)S(=O)(=O)c1ccc(O)c(NC(=O)CN2CCC[C@@H](C)C2)c1. The van der Waals surface area contributed by atoms with Crippen LogP contribution in [-0.2, 0) is 14.8 Å². The summed E-state index contributed by atoms with van der Waals surface area (Å²) >= 11 is 0. The number of sulfonamides is 1. The molecule has 7 nitrogen and oxygen atoms in total. The molecule has 1 saturated heterocycles. The number of phenolic OH excluding ortho intramolecular Hbond substituents is 1. The Balaban J connectivity index is 2.13. The lowest BCUT2D eigenvalue weighted by atomic mass is 10.0. The zero-order chi connectivity index (χ0) is 19.3. The van der Waals surface area contributed by atoms with Crippen molar-refractivity contribution in [2.45, 2.75) is 38.5 Å². The zero-order valence-electron chi connectivity index (χ0n) is 15.7. The molecule has 1 amide bonds. The van der Waals surface area contributed by atoms with Crippen LogP contribution in [0.15, 0.2) is 23.1 Å². The fraction of sp³-hybridized carbons (Fsp3) is 0.611. The lowest BCUT2D eigenvalue weighted by Crippen LogP contribution is -2.39. The van der Waals surface area contributed by atoms with Crippen molar-refractivity contribution < 1.29 is 18.3 Å². The van der Waals surface area contributed by atoms with Gasteiger partial charge in [0.2, 0.25) is 15.9 Å². The smallest absolute Gasteiger partial charge is 0.243 e. The Hall–Kier alpha value is -1.64. The Morgan fingerprint density at radius 1 is 1.35 bits per heavy atom. The van der Waals surface area contributed by atoms with E-state index in [1.165, 1.54) is 28.9 Å². The molecule has 0 aliphatic carbocycles. The van der Waals surface area contributed by atoms with Crippen molar-refractivity contribution in [1.29, 1.82) is 0 Å². The summed E-state index contributed by atoms with van der Waals surface area (Å²) in [6.45, 7) is 8.39. The molecule has 8 heteroatoms. The van der Waals surface area contributed by atoms with E-state index in [1.807, 2.05) is 0 Å². The average Bonchev–Trinajstić information content (AvgIpc) is 2.57. The van der Waals surface area contributed by atoms with Crippen molar-refractivity contribution >= 4 is 21.6 Å². The molecular weight excluding hydrogens is 354 g/mol. The molecule has 0 radical (unpaired) electrons. The number of carbonyl (C=O) groups is 1. The predicted octanol–water partition coefficient (Wildman–Crippen LogP) is 2.09. The third-order valence-corrected chi connectivity index (χ3v) is 6.74. The zero-order valence-corrected chi connectivity index (χ0v) is 16.6. The lowest BCUT2D eigenvalue weighted by molar-refractivity contribution is -0.117. The number of rotatable bonds is 7. The maximum Gasteiger partial charge on any atom is 0.243 e. The number of hydrogen-bond acceptors (Lipinski definition) is 5. The van der Waals surface area contributed by atoms with Crippen LogP contribution in [0.3, 0.4) is 0 Å². The van der Waals surface area contributed by atoms with Gasteiger partial charge in [0.1, 0.15) is 5.75 Å². The number of anilines is 1. The van der Waals surface area contributed by atoms with Gasteiger partial charge in [0, 0.05) is 19.6 Å². The van der Waals surface area contributed by atoms with Gasteiger partial charge in [-0.25, -0.2) is 8.42 Å². The Kier molecular flexibility index (Phi) is 7.02. The first kappa shape index (κ1) is 20.7. The fourth-order valence-electron chi connectivity index (χ4n) is 3.31. The second-order valence-electron chi connectivity index (χ2n) is 6.80. The van der Waals surface area contributed by atoms with Gasteiger partial charge in [-0.2, -0.15) is 4.31 Å². The van der Waals surface area contributed by atoms with Gasteiger partial charge in [0.25, 0.3) is 0 Å². The normalized spacial score (nSPS) is 18.8. The van der Waals surface area contributed by atoms with Gasteiger partial charge < -0.3 is 10.4 Å². The molecular formula is C18H29N3O4S. The van der Waals surface area contributed by atoms with E-state index in [1.54, 1.807) is 13.8 Å². The molecule has 1 aromatic rings. The topological polar surface area (TPSA) is 90.0 Å². The summed E-state index contributed by atoms with van der Waals surface area (Å²) in [4.78, 5) is 14.5. The number of nitrogens with zero attached hydrogens (tertiary/aromatic N) is 2. The number of likely N-dealkylation sites (tertiary alicyclic amines) is 1. The summed E-state index contributed by atoms with van der Waals surface area (Å²) in [5.41, 5.74) is 0.119. The van der Waals surface area contributed by atoms with Gasteiger partial charge in [0.15, 0.2) is 0 Å². The first-order valence-corrected chi connectivity index (χ1v) is 10.6. The Labute approximate surface area is 156 Å². The van der Waals surface area contributed by atoms with E-state index in [9.17, 15) is 18.3 Å². The van der Waals surface area contributed by atoms with Crippen molar-refractivity contribution in [3.05, 3.63) is 18.2 Å². The summed E-state index contributed by atoms with van der Waals surface area (Å²) in [7, 11) is -3.65. The standard InChI is InChI=1S/C18H29N3O4S/c1-4-21(5-2)26(24,25)15-8-9-17(22)16(11-15)19-18(23)13-20-10-6-7-14(3)12-20/h8-9,11,14,22H,4-7,10,12-13H2,1-3H3,(H,19,23)/t14-/m1/s1. The highest BCUT2D eigenvalue weighted by Crippen LogP contribution is 2.28. The number of benzene rings is 1. The molecule has 26 heavy (non-hydrogen) atoms. The van der Waals surface area contributed by atoms with Crippen LogP contribution in [0.4, 0.5) is 5.69 Å². The van der Waals surface area contributed by atoms with Crippen molar-refractivity contribution in [3.8, 4) is 5.75 Å². The van der Waals surface area contributed by atoms with Gasteiger partial charge in [-0.05, 0) is 43.5 Å². The number of amides is 1. The summed E-state index contributed by atoms with van der Waals surface area (Å²) in [6.07, 6.45) is 2.24. The van der Waals surface area contributed by atoms with Gasteiger partial charge >= 0.3 is 0 Å². The Morgan fingerprint density at radius 3 is 2.65 bits per heavy atom. The van der Waals surface area contributed by atoms with E-state index in [2.05, 4.69) is 17.1 Å². The molecule has 1 aromatic carbocycles. The van der Waals surface area contributed by atoms with E-state index in [0.717, 1.165) is 19.5 Å². The first-order valence-electron chi connectivity index (χ1n) is 9.13. The molecule has 1 atom stereocenters. The van der Waals surface area contributed by atoms with Crippen molar-refractivity contribution in [2.75, 3.05) is 38.0 Å². The van der Waals surface area contributed by atoms with Crippen LogP contribution in [0.2, 0.25) is 0 Å². The summed E-state index contributed by atoms with van der Waals surface area (Å²) in [5.74, 6) is 0.156. The van der Waals surface area contributed by atoms with Crippen LogP contribution >= 0.6 is 0 Å². The molecule has 1 aliphatic rings. The highest BCUT2D eigenvalue weighted by molar-refractivity contribution is 7.89. The molecule has 0 saturated carbocycles. The summed E-state index contributed by atoms with van der Waals surface area (Å²) < 4.78 is 26.6. The van der Waals surface area contributed by atoms with Crippen LogP contribution in [-0.4, -0.2) is 61.4 Å². The minimum absolute atomic E-state index is 0.0564. The molecule has 0 unspecified atom stereocenters. The molecule has 146 valence electrons. The van der Waals surface area contributed by atoms with E-state index in [-0.39, 0.29) is 28.8 Å². The molecule has 2 N–H and O–H groups in total. The van der Waals surface area contributed by atoms with E-state index in [0.29, 0.717) is 19.0 Å². The van der Waals surface area contributed by atoms with Crippen LogP contribution in [0.5, 0.6) is 5.75 Å². The second kappa shape index (κ2) is 8.83. The molecule has 0 bridgehead atoms. The molecule has 0 aromatic heterocycles.